The summed E-state index contributed by atoms with van der Waals surface area (Å²) in [6, 6.07) is 0.386. The molecule has 0 aromatic carbocycles. The van der Waals surface area contributed by atoms with Gasteiger partial charge in [0.05, 0.1) is 5.75 Å². The second-order valence-corrected chi connectivity index (χ2v) is 8.76. The lowest BCUT2D eigenvalue weighted by Gasteiger charge is -2.28. The lowest BCUT2D eigenvalue weighted by Crippen LogP contribution is -2.39. The molecule has 1 fully saturated rings. The molecule has 0 aliphatic carbocycles. The molecule has 5 heteroatoms. The molecule has 1 atom stereocenters. The highest BCUT2D eigenvalue weighted by molar-refractivity contribution is 7.89. The third-order valence-corrected chi connectivity index (χ3v) is 5.14. The molecule has 0 aromatic heterocycles. The van der Waals surface area contributed by atoms with Gasteiger partial charge in [0.25, 0.3) is 0 Å². The van der Waals surface area contributed by atoms with Crippen LogP contribution in [-0.4, -0.2) is 44.7 Å². The number of hydrogen-bond donors (Lipinski definition) is 1. The van der Waals surface area contributed by atoms with Crippen molar-refractivity contribution in [3.05, 3.63) is 0 Å². The molecule has 0 radical (unpaired) electrons. The number of hydrogen-bond acceptors (Lipinski definition) is 3. The molecule has 108 valence electrons. The number of nitrogens with zero attached hydrogens (tertiary/aromatic N) is 1. The average Bonchev–Trinajstić information content (AvgIpc) is 2.26. The predicted octanol–water partition coefficient (Wildman–Crippen LogP) is 1.83. The fourth-order valence-electron chi connectivity index (χ4n) is 2.38. The van der Waals surface area contributed by atoms with Gasteiger partial charge in [0, 0.05) is 19.6 Å². The van der Waals surface area contributed by atoms with Crippen LogP contribution in [0.2, 0.25) is 0 Å². The Morgan fingerprint density at radius 3 is 2.44 bits per heavy atom. The Kier molecular flexibility index (Phi) is 5.62. The van der Waals surface area contributed by atoms with Gasteiger partial charge in [0.1, 0.15) is 0 Å². The van der Waals surface area contributed by atoms with Gasteiger partial charge < -0.3 is 5.32 Å². The largest absolute Gasteiger partial charge is 0.314 e. The molecule has 1 rings (SSSR count). The quantitative estimate of drug-likeness (QED) is 0.833. The summed E-state index contributed by atoms with van der Waals surface area (Å²) in [4.78, 5) is 0. The predicted molar refractivity (Wildman–Crippen MR) is 76.1 cm³/mol. The summed E-state index contributed by atoms with van der Waals surface area (Å²) in [6.45, 7) is 7.78. The first-order chi connectivity index (χ1) is 8.21. The maximum absolute atomic E-state index is 12.1. The van der Waals surface area contributed by atoms with E-state index in [9.17, 15) is 8.42 Å². The minimum Gasteiger partial charge on any atom is -0.314 e. The zero-order valence-electron chi connectivity index (χ0n) is 12.2. The van der Waals surface area contributed by atoms with E-state index in [4.69, 9.17) is 0 Å². The standard InChI is InChI=1S/C13H28N2O2S/c1-13(2,3)11-15(4)18(16,17)10-8-12-7-5-6-9-14-12/h12,14H,5-11H2,1-4H3. The van der Waals surface area contributed by atoms with Gasteiger partial charge in [-0.25, -0.2) is 12.7 Å². The molecule has 1 aliphatic heterocycles. The Labute approximate surface area is 112 Å². The minimum absolute atomic E-state index is 0.00487. The zero-order chi connectivity index (χ0) is 13.8. The molecule has 1 saturated heterocycles. The van der Waals surface area contributed by atoms with Crippen LogP contribution < -0.4 is 5.32 Å². The van der Waals surface area contributed by atoms with Crippen LogP contribution in [0.4, 0.5) is 0 Å². The first-order valence-electron chi connectivity index (χ1n) is 6.88. The Hall–Kier alpha value is -0.130. The topological polar surface area (TPSA) is 49.4 Å². The second kappa shape index (κ2) is 6.35. The Morgan fingerprint density at radius 1 is 1.28 bits per heavy atom. The summed E-state index contributed by atoms with van der Waals surface area (Å²) in [5.41, 5.74) is 0.00487. The van der Waals surface area contributed by atoms with Crippen LogP contribution in [0.5, 0.6) is 0 Å². The van der Waals surface area contributed by atoms with Crippen LogP contribution in [0.15, 0.2) is 0 Å². The van der Waals surface area contributed by atoms with Crippen LogP contribution in [-0.2, 0) is 10.0 Å². The smallest absolute Gasteiger partial charge is 0.213 e. The molecule has 4 nitrogen and oxygen atoms in total. The van der Waals surface area contributed by atoms with Crippen LogP contribution in [0.3, 0.4) is 0 Å². The van der Waals surface area contributed by atoms with E-state index >= 15 is 0 Å². The monoisotopic (exact) mass is 276 g/mol. The number of piperidine rings is 1. The van der Waals surface area contributed by atoms with Crippen molar-refractivity contribution >= 4 is 10.0 Å². The summed E-state index contributed by atoms with van der Waals surface area (Å²) in [6.07, 6.45) is 4.28. The van der Waals surface area contributed by atoms with Gasteiger partial charge in [-0.15, -0.1) is 0 Å². The summed E-state index contributed by atoms with van der Waals surface area (Å²) in [5.74, 6) is 0.261. The lowest BCUT2D eigenvalue weighted by molar-refractivity contribution is 0.309. The Bertz CT molecular complexity index is 340. The van der Waals surface area contributed by atoms with E-state index in [1.807, 2.05) is 0 Å². The first-order valence-corrected chi connectivity index (χ1v) is 8.49. The maximum Gasteiger partial charge on any atom is 0.213 e. The first kappa shape index (κ1) is 15.9. The van der Waals surface area contributed by atoms with E-state index in [2.05, 4.69) is 26.1 Å². The Morgan fingerprint density at radius 2 is 1.94 bits per heavy atom. The van der Waals surface area contributed by atoms with Crippen molar-refractivity contribution in [2.75, 3.05) is 25.9 Å². The van der Waals surface area contributed by atoms with Gasteiger partial charge in [0.2, 0.25) is 10.0 Å². The van der Waals surface area contributed by atoms with Crippen LogP contribution in [0.1, 0.15) is 46.5 Å². The summed E-state index contributed by atoms with van der Waals surface area (Å²) < 4.78 is 25.8. The molecule has 0 spiro atoms. The van der Waals surface area contributed by atoms with Crippen molar-refractivity contribution < 1.29 is 8.42 Å². The molecule has 0 amide bonds. The van der Waals surface area contributed by atoms with Crippen molar-refractivity contribution in [2.45, 2.75) is 52.5 Å². The van der Waals surface area contributed by atoms with E-state index in [0.717, 1.165) is 19.4 Å². The molecule has 0 bridgehead atoms. The lowest BCUT2D eigenvalue weighted by atomic mass is 9.97. The fourth-order valence-corrected chi connectivity index (χ4v) is 3.86. The minimum atomic E-state index is -3.10. The van der Waals surface area contributed by atoms with E-state index in [0.29, 0.717) is 12.6 Å². The van der Waals surface area contributed by atoms with Crippen molar-refractivity contribution in [1.82, 2.24) is 9.62 Å². The van der Waals surface area contributed by atoms with Gasteiger partial charge in [-0.2, -0.15) is 0 Å². The Balaban J connectivity index is 2.43. The van der Waals surface area contributed by atoms with Crippen molar-refractivity contribution in [1.29, 1.82) is 0 Å². The molecule has 0 aromatic rings. The van der Waals surface area contributed by atoms with E-state index in [-0.39, 0.29) is 11.2 Å². The molecule has 1 unspecified atom stereocenters. The molecule has 1 N–H and O–H groups in total. The normalized spacial score (nSPS) is 22.4. The third kappa shape index (κ3) is 5.67. The highest BCUT2D eigenvalue weighted by Gasteiger charge is 2.24. The number of nitrogens with one attached hydrogen (secondary N) is 1. The van der Waals surface area contributed by atoms with Crippen LogP contribution in [0, 0.1) is 5.41 Å². The van der Waals surface area contributed by atoms with E-state index in [1.54, 1.807) is 7.05 Å². The molecule has 1 aliphatic rings. The fraction of sp³-hybridized carbons (Fsp3) is 1.00. The van der Waals surface area contributed by atoms with Crippen molar-refractivity contribution in [3.8, 4) is 0 Å². The van der Waals surface area contributed by atoms with Gasteiger partial charge >= 0.3 is 0 Å². The van der Waals surface area contributed by atoms with Gasteiger partial charge in [-0.05, 0) is 31.2 Å². The molecular weight excluding hydrogens is 248 g/mol. The van der Waals surface area contributed by atoms with E-state index in [1.165, 1.54) is 17.1 Å². The van der Waals surface area contributed by atoms with Crippen LogP contribution in [0.25, 0.3) is 0 Å². The van der Waals surface area contributed by atoms with Crippen LogP contribution >= 0.6 is 0 Å². The molecule has 1 heterocycles. The summed E-state index contributed by atoms with van der Waals surface area (Å²) in [7, 11) is -1.41. The van der Waals surface area contributed by atoms with Gasteiger partial charge in [-0.1, -0.05) is 27.2 Å². The molecule has 0 saturated carbocycles. The second-order valence-electron chi connectivity index (χ2n) is 6.57. The SMILES string of the molecule is CN(CC(C)(C)C)S(=O)(=O)CCC1CCCCN1. The average molecular weight is 276 g/mol. The highest BCUT2D eigenvalue weighted by Crippen LogP contribution is 2.18. The number of sulfonamides is 1. The number of rotatable bonds is 5. The van der Waals surface area contributed by atoms with Crippen molar-refractivity contribution in [2.24, 2.45) is 5.41 Å². The highest BCUT2D eigenvalue weighted by atomic mass is 32.2. The summed E-state index contributed by atoms with van der Waals surface area (Å²) >= 11 is 0. The van der Waals surface area contributed by atoms with Crippen molar-refractivity contribution in [3.63, 3.8) is 0 Å². The maximum atomic E-state index is 12.1. The van der Waals surface area contributed by atoms with E-state index < -0.39 is 10.0 Å². The van der Waals surface area contributed by atoms with Gasteiger partial charge in [-0.3, -0.25) is 0 Å². The molecule has 18 heavy (non-hydrogen) atoms. The third-order valence-electron chi connectivity index (χ3n) is 3.31. The summed E-state index contributed by atoms with van der Waals surface area (Å²) in [5, 5.41) is 3.40. The zero-order valence-corrected chi connectivity index (χ0v) is 13.0. The molecular formula is C13H28N2O2S. The van der Waals surface area contributed by atoms with Gasteiger partial charge in [0.15, 0.2) is 0 Å².